The number of methoxy groups -OCH3 is 1. The molecule has 1 atom stereocenters. The molecule has 0 radical (unpaired) electrons. The summed E-state index contributed by atoms with van der Waals surface area (Å²) in [5.74, 6) is -0.336. The molecule has 2 amide bonds. The zero-order valence-electron chi connectivity index (χ0n) is 20.6. The van der Waals surface area contributed by atoms with Gasteiger partial charge in [0.25, 0.3) is 5.91 Å². The summed E-state index contributed by atoms with van der Waals surface area (Å²) in [4.78, 5) is 32.5. The number of ether oxygens (including phenoxy) is 2. The topological polar surface area (TPSA) is 80.8 Å². The smallest absolute Gasteiger partial charge is 0.411 e. The Morgan fingerprint density at radius 3 is 2.62 bits per heavy atom. The highest BCUT2D eigenvalue weighted by atomic mass is 19.1. The van der Waals surface area contributed by atoms with Crippen molar-refractivity contribution in [3.05, 3.63) is 52.5 Å². The minimum atomic E-state index is -0.968. The van der Waals surface area contributed by atoms with Gasteiger partial charge in [0.15, 0.2) is 0 Å². The summed E-state index contributed by atoms with van der Waals surface area (Å²) in [6, 6.07) is 5.63. The van der Waals surface area contributed by atoms with E-state index in [1.54, 1.807) is 32.9 Å². The molecule has 0 saturated carbocycles. The molecule has 4 rings (SSSR count). The Kier molecular flexibility index (Phi) is 6.04. The van der Waals surface area contributed by atoms with E-state index >= 15 is 0 Å². The van der Waals surface area contributed by atoms with E-state index in [9.17, 15) is 14.0 Å². The minimum absolute atomic E-state index is 0.234. The van der Waals surface area contributed by atoms with Crippen LogP contribution in [0, 0.1) is 5.82 Å². The van der Waals surface area contributed by atoms with Gasteiger partial charge >= 0.3 is 6.09 Å². The van der Waals surface area contributed by atoms with E-state index in [1.165, 1.54) is 18.1 Å². The summed E-state index contributed by atoms with van der Waals surface area (Å²) < 4.78 is 25.8. The number of aromatic nitrogens is 1. The summed E-state index contributed by atoms with van der Waals surface area (Å²) in [5, 5.41) is 2.84. The molecule has 0 saturated heterocycles. The third kappa shape index (κ3) is 4.58. The van der Waals surface area contributed by atoms with Gasteiger partial charge in [0, 0.05) is 30.3 Å². The number of nitrogens with one attached hydrogen (secondary N) is 1. The fourth-order valence-electron chi connectivity index (χ4n) is 4.85. The molecular weight excluding hydrogens is 437 g/mol. The second-order valence-corrected chi connectivity index (χ2v) is 10.6. The van der Waals surface area contributed by atoms with Crippen LogP contribution in [0.3, 0.4) is 0 Å². The number of carbonyl (C=O) groups excluding carboxylic acids is 2. The SMILES string of the molecule is COc1ccc2c(n1)CCN(C(=O)OC(C)(C)C)[C@@H]2C(=O)Nc1cc(F)c2c(c1)CCC2(C)C. The lowest BCUT2D eigenvalue weighted by atomic mass is 9.86. The van der Waals surface area contributed by atoms with Gasteiger partial charge in [0.2, 0.25) is 5.88 Å². The molecule has 2 heterocycles. The second-order valence-electron chi connectivity index (χ2n) is 10.6. The number of hydrogen-bond acceptors (Lipinski definition) is 5. The van der Waals surface area contributed by atoms with Crippen LogP contribution in [0.2, 0.25) is 0 Å². The Morgan fingerprint density at radius 1 is 1.21 bits per heavy atom. The molecule has 2 aromatic rings. The summed E-state index contributed by atoms with van der Waals surface area (Å²) in [7, 11) is 1.53. The lowest BCUT2D eigenvalue weighted by molar-refractivity contribution is -0.122. The molecule has 182 valence electrons. The Labute approximate surface area is 199 Å². The normalized spacial score (nSPS) is 18.7. The predicted molar refractivity (Wildman–Crippen MR) is 127 cm³/mol. The van der Waals surface area contributed by atoms with Crippen molar-refractivity contribution in [2.75, 3.05) is 19.0 Å². The van der Waals surface area contributed by atoms with Gasteiger partial charge in [0.1, 0.15) is 17.5 Å². The van der Waals surface area contributed by atoms with Crippen molar-refractivity contribution in [2.45, 2.75) is 70.9 Å². The molecule has 34 heavy (non-hydrogen) atoms. The van der Waals surface area contributed by atoms with Crippen molar-refractivity contribution >= 4 is 17.7 Å². The molecule has 0 spiro atoms. The van der Waals surface area contributed by atoms with Crippen molar-refractivity contribution in [1.82, 2.24) is 9.88 Å². The lowest BCUT2D eigenvalue weighted by Crippen LogP contribution is -2.47. The fraction of sp³-hybridized carbons (Fsp3) is 0.500. The van der Waals surface area contributed by atoms with Gasteiger partial charge in [-0.15, -0.1) is 0 Å². The van der Waals surface area contributed by atoms with Crippen molar-refractivity contribution in [1.29, 1.82) is 0 Å². The Morgan fingerprint density at radius 2 is 1.94 bits per heavy atom. The predicted octanol–water partition coefficient (Wildman–Crippen LogP) is 4.93. The highest BCUT2D eigenvalue weighted by Crippen LogP contribution is 2.41. The second kappa shape index (κ2) is 8.56. The number of pyridine rings is 1. The van der Waals surface area contributed by atoms with E-state index in [1.807, 2.05) is 19.9 Å². The summed E-state index contributed by atoms with van der Waals surface area (Å²) in [6.45, 7) is 9.64. The number of aryl methyl sites for hydroxylation is 1. The third-order valence-electron chi connectivity index (χ3n) is 6.40. The summed E-state index contributed by atoms with van der Waals surface area (Å²) >= 11 is 0. The van der Waals surface area contributed by atoms with E-state index in [-0.39, 0.29) is 17.8 Å². The van der Waals surface area contributed by atoms with Gasteiger partial charge in [-0.05, 0) is 68.4 Å². The van der Waals surface area contributed by atoms with Crippen molar-refractivity contribution < 1.29 is 23.5 Å². The Balaban J connectivity index is 1.68. The van der Waals surface area contributed by atoms with Crippen LogP contribution < -0.4 is 10.1 Å². The van der Waals surface area contributed by atoms with Crippen molar-refractivity contribution in [3.63, 3.8) is 0 Å². The van der Waals surface area contributed by atoms with E-state index in [0.717, 1.165) is 18.4 Å². The Hall–Kier alpha value is -3.16. The standard InChI is InChI=1S/C26H32FN3O4/c1-25(2,3)34-24(32)30-12-10-19-17(7-8-20(29-19)33-6)22(30)23(31)28-16-13-15-9-11-26(4,5)21(15)18(27)14-16/h7-8,13-14,22H,9-12H2,1-6H3,(H,28,31)/t22-/m0/s1. The van der Waals surface area contributed by atoms with Crippen LogP contribution in [0.25, 0.3) is 0 Å². The zero-order chi connectivity index (χ0) is 24.8. The number of anilines is 1. The molecule has 8 heteroatoms. The van der Waals surface area contributed by atoms with Crippen LogP contribution in [0.4, 0.5) is 14.9 Å². The van der Waals surface area contributed by atoms with E-state index in [2.05, 4.69) is 10.3 Å². The maximum absolute atomic E-state index is 15.0. The largest absolute Gasteiger partial charge is 0.481 e. The molecule has 7 nitrogen and oxygen atoms in total. The van der Waals surface area contributed by atoms with E-state index in [0.29, 0.717) is 34.8 Å². The highest BCUT2D eigenvalue weighted by Gasteiger charge is 2.39. The van der Waals surface area contributed by atoms with Crippen LogP contribution in [-0.4, -0.2) is 41.1 Å². The summed E-state index contributed by atoms with van der Waals surface area (Å²) in [5.41, 5.74) is 2.31. The third-order valence-corrected chi connectivity index (χ3v) is 6.40. The first-order valence-electron chi connectivity index (χ1n) is 11.6. The Bertz CT molecular complexity index is 1140. The van der Waals surface area contributed by atoms with Crippen LogP contribution in [0.1, 0.15) is 69.5 Å². The molecule has 1 aromatic heterocycles. The van der Waals surface area contributed by atoms with Gasteiger partial charge in [-0.2, -0.15) is 0 Å². The first-order valence-corrected chi connectivity index (χ1v) is 11.6. The van der Waals surface area contributed by atoms with E-state index < -0.39 is 23.6 Å². The lowest BCUT2D eigenvalue weighted by Gasteiger charge is -2.36. The van der Waals surface area contributed by atoms with Crippen molar-refractivity contribution in [2.24, 2.45) is 0 Å². The average molecular weight is 470 g/mol. The van der Waals surface area contributed by atoms with Gasteiger partial charge in [-0.1, -0.05) is 13.8 Å². The molecule has 1 aliphatic heterocycles. The zero-order valence-corrected chi connectivity index (χ0v) is 20.6. The number of amides is 2. The average Bonchev–Trinajstić information content (AvgIpc) is 3.05. The number of carbonyl (C=O) groups is 2. The molecule has 1 N–H and O–H groups in total. The molecule has 0 fully saturated rings. The quantitative estimate of drug-likeness (QED) is 0.690. The fourth-order valence-corrected chi connectivity index (χ4v) is 4.85. The molecule has 2 aliphatic rings. The van der Waals surface area contributed by atoms with Crippen LogP contribution in [-0.2, 0) is 27.8 Å². The number of benzene rings is 1. The van der Waals surface area contributed by atoms with Crippen LogP contribution in [0.15, 0.2) is 24.3 Å². The monoisotopic (exact) mass is 469 g/mol. The van der Waals surface area contributed by atoms with Gasteiger partial charge in [-0.3, -0.25) is 9.69 Å². The number of rotatable bonds is 3. The molecule has 0 unspecified atom stereocenters. The number of fused-ring (bicyclic) bond motifs is 2. The maximum Gasteiger partial charge on any atom is 0.411 e. The van der Waals surface area contributed by atoms with Gasteiger partial charge in [0.05, 0.1) is 12.8 Å². The van der Waals surface area contributed by atoms with Crippen LogP contribution in [0.5, 0.6) is 5.88 Å². The van der Waals surface area contributed by atoms with Crippen molar-refractivity contribution in [3.8, 4) is 5.88 Å². The molecule has 1 aromatic carbocycles. The first-order chi connectivity index (χ1) is 15.9. The van der Waals surface area contributed by atoms with Crippen LogP contribution >= 0.6 is 0 Å². The summed E-state index contributed by atoms with van der Waals surface area (Å²) in [6.07, 6.45) is 1.48. The number of nitrogens with zero attached hydrogens (tertiary/aromatic N) is 2. The van der Waals surface area contributed by atoms with Gasteiger partial charge in [-0.25, -0.2) is 14.2 Å². The number of halogens is 1. The maximum atomic E-state index is 15.0. The molecule has 1 aliphatic carbocycles. The van der Waals surface area contributed by atoms with Gasteiger partial charge < -0.3 is 14.8 Å². The number of hydrogen-bond donors (Lipinski definition) is 1. The minimum Gasteiger partial charge on any atom is -0.481 e. The highest BCUT2D eigenvalue weighted by molar-refractivity contribution is 5.98. The molecular formula is C26H32FN3O4. The molecule has 0 bridgehead atoms. The van der Waals surface area contributed by atoms with E-state index in [4.69, 9.17) is 9.47 Å². The first kappa shape index (κ1) is 24.0.